The Kier molecular flexibility index (Phi) is 4.59. The quantitative estimate of drug-likeness (QED) is 0.724. The average molecular weight is 350 g/mol. The molecule has 1 aromatic carbocycles. The highest BCUT2D eigenvalue weighted by Crippen LogP contribution is 2.27. The Hall–Kier alpha value is -2.47. The molecular weight excluding hydrogens is 324 g/mol. The van der Waals surface area contributed by atoms with Crippen LogP contribution in [0.4, 0.5) is 5.82 Å². The molecule has 0 spiro atoms. The molecule has 1 saturated heterocycles. The van der Waals surface area contributed by atoms with Gasteiger partial charge in [0, 0.05) is 43.9 Å². The highest BCUT2D eigenvalue weighted by atomic mass is 15.4. The number of likely N-dealkylation sites (tertiary alicyclic amines) is 1. The predicted octanol–water partition coefficient (Wildman–Crippen LogP) is 3.10. The minimum Gasteiger partial charge on any atom is -0.356 e. The summed E-state index contributed by atoms with van der Waals surface area (Å²) < 4.78 is 1.85. The smallest absolute Gasteiger partial charge is 0.254 e. The van der Waals surface area contributed by atoms with Crippen LogP contribution in [0, 0.1) is 0 Å². The second kappa shape index (κ2) is 7.03. The molecule has 1 aliphatic rings. The van der Waals surface area contributed by atoms with Gasteiger partial charge in [-0.2, -0.15) is 14.6 Å². The third-order valence-electron chi connectivity index (χ3n) is 5.44. The fourth-order valence-corrected chi connectivity index (χ4v) is 3.78. The number of nitrogens with zero attached hydrogens (tertiary/aromatic N) is 6. The molecule has 0 unspecified atom stereocenters. The summed E-state index contributed by atoms with van der Waals surface area (Å²) in [5.74, 6) is 1.70. The Bertz CT molecular complexity index is 864. The van der Waals surface area contributed by atoms with E-state index >= 15 is 0 Å². The van der Waals surface area contributed by atoms with Gasteiger partial charge >= 0.3 is 0 Å². The molecule has 0 radical (unpaired) electrons. The predicted molar refractivity (Wildman–Crippen MR) is 104 cm³/mol. The third-order valence-corrected chi connectivity index (χ3v) is 5.44. The van der Waals surface area contributed by atoms with E-state index in [2.05, 4.69) is 64.0 Å². The van der Waals surface area contributed by atoms with Crippen molar-refractivity contribution in [1.82, 2.24) is 24.5 Å². The second-order valence-electron chi connectivity index (χ2n) is 7.31. The van der Waals surface area contributed by atoms with Crippen molar-refractivity contribution in [2.75, 3.05) is 25.0 Å². The first-order chi connectivity index (χ1) is 12.6. The molecule has 0 aliphatic carbocycles. The van der Waals surface area contributed by atoms with E-state index in [4.69, 9.17) is 0 Å². The largest absolute Gasteiger partial charge is 0.356 e. The summed E-state index contributed by atoms with van der Waals surface area (Å²) in [5, 5.41) is 4.40. The summed E-state index contributed by atoms with van der Waals surface area (Å²) in [6, 6.07) is 13.5. The van der Waals surface area contributed by atoms with Crippen LogP contribution in [0.1, 0.15) is 26.7 Å². The van der Waals surface area contributed by atoms with Gasteiger partial charge < -0.3 is 9.80 Å². The topological polar surface area (TPSA) is 49.6 Å². The minimum absolute atomic E-state index is 0.503. The van der Waals surface area contributed by atoms with Crippen LogP contribution in [0.25, 0.3) is 17.0 Å². The van der Waals surface area contributed by atoms with Gasteiger partial charge in [-0.3, -0.25) is 0 Å². The van der Waals surface area contributed by atoms with E-state index in [0.717, 1.165) is 43.0 Å². The van der Waals surface area contributed by atoms with Gasteiger partial charge in [0.1, 0.15) is 12.1 Å². The van der Waals surface area contributed by atoms with Gasteiger partial charge in [0.15, 0.2) is 0 Å². The van der Waals surface area contributed by atoms with Crippen LogP contribution in [0.3, 0.4) is 0 Å². The molecule has 0 N–H and O–H groups in total. The summed E-state index contributed by atoms with van der Waals surface area (Å²) in [6.07, 6.45) is 3.90. The monoisotopic (exact) mass is 350 g/mol. The van der Waals surface area contributed by atoms with Crippen LogP contribution in [-0.4, -0.2) is 56.7 Å². The Morgan fingerprint density at radius 3 is 2.54 bits per heavy atom. The fourth-order valence-electron chi connectivity index (χ4n) is 3.78. The third kappa shape index (κ3) is 3.17. The molecule has 6 nitrogen and oxygen atoms in total. The summed E-state index contributed by atoms with van der Waals surface area (Å²) in [4.78, 5) is 13.9. The molecule has 0 saturated carbocycles. The first-order valence-corrected chi connectivity index (χ1v) is 9.36. The van der Waals surface area contributed by atoms with Crippen molar-refractivity contribution in [3.63, 3.8) is 0 Å². The van der Waals surface area contributed by atoms with Crippen molar-refractivity contribution in [2.24, 2.45) is 0 Å². The molecule has 0 bridgehead atoms. The molecular formula is C20H26N6. The Morgan fingerprint density at radius 2 is 1.85 bits per heavy atom. The maximum Gasteiger partial charge on any atom is 0.254 e. The van der Waals surface area contributed by atoms with Gasteiger partial charge in [0.25, 0.3) is 5.78 Å². The molecule has 1 fully saturated rings. The van der Waals surface area contributed by atoms with E-state index in [1.54, 1.807) is 6.33 Å². The fraction of sp³-hybridized carbons (Fsp3) is 0.450. The van der Waals surface area contributed by atoms with Crippen molar-refractivity contribution >= 4 is 11.6 Å². The maximum atomic E-state index is 4.68. The number of hydrogen-bond donors (Lipinski definition) is 0. The van der Waals surface area contributed by atoms with Gasteiger partial charge in [-0.15, -0.1) is 0 Å². The number of hydrogen-bond acceptors (Lipinski definition) is 5. The second-order valence-corrected chi connectivity index (χ2v) is 7.31. The molecule has 3 aromatic rings. The van der Waals surface area contributed by atoms with Crippen LogP contribution < -0.4 is 4.90 Å². The molecule has 136 valence electrons. The number of fused-ring (bicyclic) bond motifs is 1. The molecule has 6 heteroatoms. The van der Waals surface area contributed by atoms with Gasteiger partial charge in [-0.25, -0.2) is 4.98 Å². The maximum absolute atomic E-state index is 4.68. The highest BCUT2D eigenvalue weighted by molar-refractivity contribution is 5.65. The average Bonchev–Trinajstić information content (AvgIpc) is 3.16. The zero-order chi connectivity index (χ0) is 18.1. The first kappa shape index (κ1) is 17.0. The molecule has 4 rings (SSSR count). The first-order valence-electron chi connectivity index (χ1n) is 9.36. The zero-order valence-corrected chi connectivity index (χ0v) is 15.7. The summed E-state index contributed by atoms with van der Waals surface area (Å²) in [5.41, 5.74) is 2.04. The van der Waals surface area contributed by atoms with Crippen LogP contribution in [-0.2, 0) is 0 Å². The van der Waals surface area contributed by atoms with Crippen molar-refractivity contribution in [3.8, 4) is 11.3 Å². The summed E-state index contributed by atoms with van der Waals surface area (Å²) in [6.45, 7) is 6.84. The van der Waals surface area contributed by atoms with Crippen molar-refractivity contribution < 1.29 is 0 Å². The number of anilines is 1. The lowest BCUT2D eigenvalue weighted by Crippen LogP contribution is -2.46. The standard InChI is InChI=1S/C20H26N6/c1-15(2)25-11-9-17(10-12-25)24(3)19-13-18(16-7-5-4-6-8-16)23-20-21-14-22-26(19)20/h4-8,13-15,17H,9-12H2,1-3H3. The van der Waals surface area contributed by atoms with E-state index in [9.17, 15) is 0 Å². The SMILES string of the molecule is CC(C)N1CCC(N(C)c2cc(-c3ccccc3)nc3ncnn23)CC1. The Labute approximate surface area is 154 Å². The molecule has 2 aromatic heterocycles. The van der Waals surface area contributed by atoms with Crippen molar-refractivity contribution in [2.45, 2.75) is 38.8 Å². The minimum atomic E-state index is 0.503. The van der Waals surface area contributed by atoms with Crippen molar-refractivity contribution in [1.29, 1.82) is 0 Å². The number of rotatable bonds is 4. The number of benzene rings is 1. The van der Waals surface area contributed by atoms with E-state index in [1.807, 2.05) is 22.7 Å². The summed E-state index contributed by atoms with van der Waals surface area (Å²) in [7, 11) is 2.17. The van der Waals surface area contributed by atoms with Crippen LogP contribution >= 0.6 is 0 Å². The molecule has 26 heavy (non-hydrogen) atoms. The summed E-state index contributed by atoms with van der Waals surface area (Å²) >= 11 is 0. The molecule has 1 aliphatic heterocycles. The van der Waals surface area contributed by atoms with Crippen LogP contribution in [0.5, 0.6) is 0 Å². The van der Waals surface area contributed by atoms with Gasteiger partial charge in [0.2, 0.25) is 0 Å². The number of piperidine rings is 1. The van der Waals surface area contributed by atoms with Gasteiger partial charge in [-0.05, 0) is 26.7 Å². The van der Waals surface area contributed by atoms with E-state index in [1.165, 1.54) is 0 Å². The lowest BCUT2D eigenvalue weighted by Gasteiger charge is -2.39. The zero-order valence-electron chi connectivity index (χ0n) is 15.7. The van der Waals surface area contributed by atoms with Crippen LogP contribution in [0.15, 0.2) is 42.7 Å². The van der Waals surface area contributed by atoms with E-state index in [-0.39, 0.29) is 0 Å². The van der Waals surface area contributed by atoms with Gasteiger partial charge in [-0.1, -0.05) is 30.3 Å². The van der Waals surface area contributed by atoms with E-state index < -0.39 is 0 Å². The highest BCUT2D eigenvalue weighted by Gasteiger charge is 2.25. The normalized spacial score (nSPS) is 16.5. The Balaban J connectivity index is 1.66. The van der Waals surface area contributed by atoms with E-state index in [0.29, 0.717) is 17.9 Å². The van der Waals surface area contributed by atoms with Crippen LogP contribution in [0.2, 0.25) is 0 Å². The van der Waals surface area contributed by atoms with Gasteiger partial charge in [0.05, 0.1) is 5.69 Å². The lowest BCUT2D eigenvalue weighted by molar-refractivity contribution is 0.171. The molecule has 0 atom stereocenters. The van der Waals surface area contributed by atoms with Crippen molar-refractivity contribution in [3.05, 3.63) is 42.7 Å². The Morgan fingerprint density at radius 1 is 1.12 bits per heavy atom. The molecule has 3 heterocycles. The molecule has 0 amide bonds. The lowest BCUT2D eigenvalue weighted by atomic mass is 10.0. The number of aromatic nitrogens is 4.